The number of nitriles is 2. The molecule has 0 aliphatic heterocycles. The van der Waals surface area contributed by atoms with Crippen LogP contribution in [-0.2, 0) is 10.8 Å². The SMILES string of the molecule is CCCC12CC3(c4cc(C)c(OC#N)c(C)c4)CC(c4cc(C)c(OC#N)c(C)c4)(C1)CC(C(C)(C)C)(C2)C3. The number of aryl methyl sites for hydroxylation is 4. The summed E-state index contributed by atoms with van der Waals surface area (Å²) in [6.45, 7) is 18.1. The number of nitrogens with zero attached hydrogens (tertiary/aromatic N) is 2. The Morgan fingerprint density at radius 1 is 0.692 bits per heavy atom. The van der Waals surface area contributed by atoms with Gasteiger partial charge in [-0.2, -0.15) is 0 Å². The summed E-state index contributed by atoms with van der Waals surface area (Å²) in [5.74, 6) is 1.41. The van der Waals surface area contributed by atoms with Crippen LogP contribution in [0.1, 0.15) is 112 Å². The van der Waals surface area contributed by atoms with Crippen molar-refractivity contribution >= 4 is 0 Å². The molecule has 2 unspecified atom stereocenters. The molecule has 0 spiro atoms. The van der Waals surface area contributed by atoms with E-state index in [-0.39, 0.29) is 21.7 Å². The Labute approximate surface area is 235 Å². The third-order valence-corrected chi connectivity index (χ3v) is 11.0. The maximum atomic E-state index is 9.24. The zero-order valence-electron chi connectivity index (χ0n) is 25.2. The molecule has 2 aromatic carbocycles. The molecule has 4 heteroatoms. The monoisotopic (exact) mass is 524 g/mol. The second kappa shape index (κ2) is 9.02. The lowest BCUT2D eigenvalue weighted by atomic mass is 9.30. The predicted molar refractivity (Wildman–Crippen MR) is 155 cm³/mol. The summed E-state index contributed by atoms with van der Waals surface area (Å²) in [6, 6.07) is 9.32. The van der Waals surface area contributed by atoms with Gasteiger partial charge in [-0.25, -0.2) is 0 Å². The molecule has 206 valence electrons. The highest BCUT2D eigenvalue weighted by Crippen LogP contribution is 2.78. The molecule has 0 saturated heterocycles. The number of hydrogen-bond donors (Lipinski definition) is 0. The lowest BCUT2D eigenvalue weighted by Crippen LogP contribution is -2.67. The van der Waals surface area contributed by atoms with Crippen molar-refractivity contribution in [2.45, 2.75) is 118 Å². The summed E-state index contributed by atoms with van der Waals surface area (Å²) in [7, 11) is 0. The molecule has 2 atom stereocenters. The van der Waals surface area contributed by atoms with Crippen LogP contribution in [0.2, 0.25) is 0 Å². The molecule has 0 aromatic heterocycles. The van der Waals surface area contributed by atoms with E-state index in [1.807, 2.05) is 12.5 Å². The molecule has 6 rings (SSSR count). The van der Waals surface area contributed by atoms with Gasteiger partial charge in [0.1, 0.15) is 11.5 Å². The van der Waals surface area contributed by atoms with E-state index >= 15 is 0 Å². The standard InChI is InChI=1S/C35H44N2O2/c1-9-10-32-15-33(27-11-23(2)29(38-21-36)24(3)12-27)18-34(16-32,20-35(17-32,19-33)31(6,7)8)28-13-25(4)30(39-22-37)26(5)14-28/h11-14H,9-10,15-20H2,1-8H3. The van der Waals surface area contributed by atoms with Crippen LogP contribution < -0.4 is 9.47 Å². The first-order valence-corrected chi connectivity index (χ1v) is 14.6. The molecule has 0 amide bonds. The molecule has 4 aliphatic carbocycles. The van der Waals surface area contributed by atoms with E-state index in [0.717, 1.165) is 28.7 Å². The molecule has 4 fully saturated rings. The van der Waals surface area contributed by atoms with Crippen molar-refractivity contribution in [1.29, 1.82) is 10.5 Å². The highest BCUT2D eigenvalue weighted by molar-refractivity contribution is 5.51. The summed E-state index contributed by atoms with van der Waals surface area (Å²) in [5, 5.41) is 18.5. The minimum Gasteiger partial charge on any atom is -0.387 e. The first kappa shape index (κ1) is 27.6. The molecule has 0 radical (unpaired) electrons. The zero-order chi connectivity index (χ0) is 28.4. The normalized spacial score (nSPS) is 31.0. The fourth-order valence-corrected chi connectivity index (χ4v) is 9.98. The van der Waals surface area contributed by atoms with Crippen LogP contribution in [0.25, 0.3) is 0 Å². The van der Waals surface area contributed by atoms with Crippen molar-refractivity contribution < 1.29 is 9.47 Å². The molecule has 4 aliphatic rings. The van der Waals surface area contributed by atoms with Crippen LogP contribution in [0.4, 0.5) is 0 Å². The van der Waals surface area contributed by atoms with E-state index in [2.05, 4.69) is 79.7 Å². The van der Waals surface area contributed by atoms with Gasteiger partial charge in [-0.3, -0.25) is 0 Å². The van der Waals surface area contributed by atoms with Gasteiger partial charge in [-0.15, -0.1) is 10.5 Å². The van der Waals surface area contributed by atoms with Gasteiger partial charge in [-0.1, -0.05) is 58.4 Å². The van der Waals surface area contributed by atoms with Crippen LogP contribution in [0.15, 0.2) is 24.3 Å². The molecule has 4 saturated carbocycles. The Morgan fingerprint density at radius 2 is 1.10 bits per heavy atom. The van der Waals surface area contributed by atoms with E-state index in [1.165, 1.54) is 56.1 Å². The molecular formula is C35H44N2O2. The van der Waals surface area contributed by atoms with Crippen molar-refractivity contribution in [2.75, 3.05) is 0 Å². The van der Waals surface area contributed by atoms with Gasteiger partial charge in [0.25, 0.3) is 12.5 Å². The largest absolute Gasteiger partial charge is 0.387 e. The molecule has 4 nitrogen and oxygen atoms in total. The van der Waals surface area contributed by atoms with Crippen molar-refractivity contribution in [3.05, 3.63) is 57.6 Å². The summed E-state index contributed by atoms with van der Waals surface area (Å²) >= 11 is 0. The molecule has 2 aromatic rings. The minimum absolute atomic E-state index is 0.0710. The second-order valence-electron chi connectivity index (χ2n) is 14.7. The molecule has 39 heavy (non-hydrogen) atoms. The van der Waals surface area contributed by atoms with Gasteiger partial charge < -0.3 is 9.47 Å². The van der Waals surface area contributed by atoms with Crippen LogP contribution in [0.5, 0.6) is 11.5 Å². The quantitative estimate of drug-likeness (QED) is 0.354. The highest BCUT2D eigenvalue weighted by atomic mass is 16.5. The van der Waals surface area contributed by atoms with Crippen LogP contribution >= 0.6 is 0 Å². The number of hydrogen-bond acceptors (Lipinski definition) is 4. The second-order valence-corrected chi connectivity index (χ2v) is 14.7. The van der Waals surface area contributed by atoms with Crippen LogP contribution in [0.3, 0.4) is 0 Å². The van der Waals surface area contributed by atoms with Gasteiger partial charge in [0, 0.05) is 0 Å². The highest BCUT2D eigenvalue weighted by Gasteiger charge is 2.70. The number of benzene rings is 2. The molecule has 0 heterocycles. The molecular weight excluding hydrogens is 480 g/mol. The third-order valence-electron chi connectivity index (χ3n) is 11.0. The van der Waals surface area contributed by atoms with Crippen LogP contribution in [0, 0.1) is 67.0 Å². The van der Waals surface area contributed by atoms with E-state index in [1.54, 1.807) is 0 Å². The average molecular weight is 525 g/mol. The van der Waals surface area contributed by atoms with E-state index < -0.39 is 0 Å². The summed E-state index contributed by atoms with van der Waals surface area (Å²) in [6.07, 6.45) is 13.6. The molecule has 0 N–H and O–H groups in total. The Kier molecular flexibility index (Phi) is 6.38. The van der Waals surface area contributed by atoms with Gasteiger partial charge >= 0.3 is 0 Å². The van der Waals surface area contributed by atoms with E-state index in [0.29, 0.717) is 16.9 Å². The van der Waals surface area contributed by atoms with Crippen molar-refractivity contribution in [3.63, 3.8) is 0 Å². The Hall–Kier alpha value is -2.98. The maximum absolute atomic E-state index is 9.24. The first-order valence-electron chi connectivity index (χ1n) is 14.6. The zero-order valence-corrected chi connectivity index (χ0v) is 25.2. The van der Waals surface area contributed by atoms with Crippen LogP contribution in [-0.4, -0.2) is 0 Å². The summed E-state index contributed by atoms with van der Waals surface area (Å²) < 4.78 is 10.8. The minimum atomic E-state index is 0.0710. The maximum Gasteiger partial charge on any atom is 0.292 e. The predicted octanol–water partition coefficient (Wildman–Crippen LogP) is 9.02. The Morgan fingerprint density at radius 3 is 1.44 bits per heavy atom. The lowest BCUT2D eigenvalue weighted by Gasteiger charge is -2.74. The van der Waals surface area contributed by atoms with E-state index in [4.69, 9.17) is 9.47 Å². The van der Waals surface area contributed by atoms with Gasteiger partial charge in [0.05, 0.1) is 0 Å². The smallest absolute Gasteiger partial charge is 0.292 e. The average Bonchev–Trinajstić information content (AvgIpc) is 2.82. The van der Waals surface area contributed by atoms with Crippen molar-refractivity contribution in [3.8, 4) is 24.0 Å². The Balaban J connectivity index is 1.76. The van der Waals surface area contributed by atoms with Crippen molar-refractivity contribution in [1.82, 2.24) is 0 Å². The summed E-state index contributed by atoms with van der Waals surface area (Å²) in [4.78, 5) is 0. The van der Waals surface area contributed by atoms with Crippen molar-refractivity contribution in [2.24, 2.45) is 16.2 Å². The third kappa shape index (κ3) is 4.14. The summed E-state index contributed by atoms with van der Waals surface area (Å²) in [5.41, 5.74) is 7.90. The van der Waals surface area contributed by atoms with E-state index in [9.17, 15) is 10.5 Å². The fraction of sp³-hybridized carbons (Fsp3) is 0.600. The van der Waals surface area contributed by atoms with Gasteiger partial charge in [0.15, 0.2) is 0 Å². The number of rotatable bonds is 6. The topological polar surface area (TPSA) is 66.0 Å². The number of ether oxygens (including phenoxy) is 2. The lowest BCUT2D eigenvalue weighted by molar-refractivity contribution is -0.185. The van der Waals surface area contributed by atoms with Gasteiger partial charge in [-0.05, 0) is 133 Å². The van der Waals surface area contributed by atoms with Gasteiger partial charge in [0.2, 0.25) is 0 Å². The molecule has 4 bridgehead atoms. The Bertz CT molecular complexity index is 1270. The fourth-order valence-electron chi connectivity index (χ4n) is 9.98. The first-order chi connectivity index (χ1) is 18.3.